The standard InChI is InChI=1S/C26H28Cl2N6/c1-15-7-10-18(21(28)11-15)24-31-22-25(33-12-19-20(13-33)23(19)32(2)3)29-14-30-26(22)34(24)17-6-4-5-16(27)8-9-17/h4-5,7,9-11,14,16,19-20,23H,6,8,12-13H2,1-3H3/t16?,19-,20+,23?. The van der Waals surface area contributed by atoms with Crippen LogP contribution in [-0.2, 0) is 0 Å². The Hall–Kier alpha value is -2.41. The van der Waals surface area contributed by atoms with Crippen molar-refractivity contribution < 1.29 is 0 Å². The number of allylic oxidation sites excluding steroid dienone is 4. The molecular formula is C26H28Cl2N6. The molecule has 2 fully saturated rings. The molecule has 0 amide bonds. The van der Waals surface area contributed by atoms with Crippen LogP contribution in [0.25, 0.3) is 28.2 Å². The summed E-state index contributed by atoms with van der Waals surface area (Å²) in [5.74, 6) is 3.11. The molecule has 4 atom stereocenters. The summed E-state index contributed by atoms with van der Waals surface area (Å²) < 4.78 is 2.15. The highest BCUT2D eigenvalue weighted by atomic mass is 35.5. The van der Waals surface area contributed by atoms with Gasteiger partial charge in [-0.1, -0.05) is 35.9 Å². The fourth-order valence-electron chi connectivity index (χ4n) is 5.73. The highest BCUT2D eigenvalue weighted by Crippen LogP contribution is 2.49. The number of hydrogen-bond donors (Lipinski definition) is 0. The van der Waals surface area contributed by atoms with E-state index in [1.165, 1.54) is 0 Å². The zero-order valence-corrected chi connectivity index (χ0v) is 21.1. The number of hydrogen-bond acceptors (Lipinski definition) is 5. The van der Waals surface area contributed by atoms with Gasteiger partial charge in [0.2, 0.25) is 0 Å². The number of alkyl halides is 1. The zero-order valence-electron chi connectivity index (χ0n) is 19.6. The summed E-state index contributed by atoms with van der Waals surface area (Å²) in [5, 5.41) is 0.673. The van der Waals surface area contributed by atoms with Crippen LogP contribution in [0.5, 0.6) is 0 Å². The van der Waals surface area contributed by atoms with Gasteiger partial charge in [-0.25, -0.2) is 15.0 Å². The number of aryl methyl sites for hydroxylation is 1. The number of fused-ring (bicyclic) bond motifs is 2. The summed E-state index contributed by atoms with van der Waals surface area (Å²) in [6, 6.07) is 6.79. The minimum Gasteiger partial charge on any atom is -0.354 e. The fourth-order valence-corrected chi connectivity index (χ4v) is 6.24. The molecule has 176 valence electrons. The van der Waals surface area contributed by atoms with Gasteiger partial charge in [0.25, 0.3) is 0 Å². The van der Waals surface area contributed by atoms with Crippen LogP contribution in [0.4, 0.5) is 5.82 Å². The molecule has 1 saturated carbocycles. The molecule has 0 radical (unpaired) electrons. The molecule has 8 heteroatoms. The Morgan fingerprint density at radius 1 is 1.12 bits per heavy atom. The maximum absolute atomic E-state index is 6.74. The third-order valence-corrected chi connectivity index (χ3v) is 8.01. The number of anilines is 1. The molecule has 0 N–H and O–H groups in total. The van der Waals surface area contributed by atoms with Crippen LogP contribution in [0.15, 0.2) is 42.8 Å². The van der Waals surface area contributed by atoms with E-state index in [4.69, 9.17) is 38.2 Å². The van der Waals surface area contributed by atoms with E-state index in [0.29, 0.717) is 22.9 Å². The van der Waals surface area contributed by atoms with E-state index in [1.807, 2.05) is 19.1 Å². The average Bonchev–Trinajstić information content (AvgIpc) is 3.19. The Labute approximate surface area is 209 Å². The molecule has 6 nitrogen and oxygen atoms in total. The lowest BCUT2D eigenvalue weighted by atomic mass is 10.1. The summed E-state index contributed by atoms with van der Waals surface area (Å²) in [4.78, 5) is 19.3. The minimum absolute atomic E-state index is 0.00940. The summed E-state index contributed by atoms with van der Waals surface area (Å²) in [6.07, 6.45) is 9.55. The molecule has 2 aromatic heterocycles. The van der Waals surface area contributed by atoms with E-state index in [-0.39, 0.29) is 5.38 Å². The smallest absolute Gasteiger partial charge is 0.170 e. The molecule has 34 heavy (non-hydrogen) atoms. The van der Waals surface area contributed by atoms with E-state index in [2.05, 4.69) is 52.8 Å². The van der Waals surface area contributed by atoms with E-state index in [9.17, 15) is 0 Å². The van der Waals surface area contributed by atoms with E-state index < -0.39 is 0 Å². The highest BCUT2D eigenvalue weighted by molar-refractivity contribution is 6.33. The van der Waals surface area contributed by atoms with Crippen molar-refractivity contribution in [3.8, 4) is 11.4 Å². The first-order chi connectivity index (χ1) is 16.4. The first-order valence-corrected chi connectivity index (χ1v) is 12.7. The Morgan fingerprint density at radius 2 is 1.91 bits per heavy atom. The average molecular weight is 495 g/mol. The predicted molar refractivity (Wildman–Crippen MR) is 139 cm³/mol. The molecule has 2 aliphatic carbocycles. The number of aromatic nitrogens is 4. The van der Waals surface area contributed by atoms with Crippen molar-refractivity contribution in [2.24, 2.45) is 11.8 Å². The number of nitrogens with zero attached hydrogens (tertiary/aromatic N) is 6. The van der Waals surface area contributed by atoms with Crippen LogP contribution in [0.2, 0.25) is 5.02 Å². The van der Waals surface area contributed by atoms with Crippen LogP contribution in [0.1, 0.15) is 18.4 Å². The molecule has 0 bridgehead atoms. The summed E-state index contributed by atoms with van der Waals surface area (Å²) in [6.45, 7) is 4.06. The Kier molecular flexibility index (Phi) is 5.43. The van der Waals surface area contributed by atoms with Crippen molar-refractivity contribution in [2.45, 2.75) is 31.2 Å². The van der Waals surface area contributed by atoms with Crippen molar-refractivity contribution in [1.29, 1.82) is 0 Å². The molecule has 1 aromatic carbocycles. The van der Waals surface area contributed by atoms with Gasteiger partial charge in [0, 0.05) is 36.8 Å². The molecule has 3 aliphatic rings. The molecule has 3 aromatic rings. The van der Waals surface area contributed by atoms with E-state index >= 15 is 0 Å². The van der Waals surface area contributed by atoms with Crippen LogP contribution < -0.4 is 4.90 Å². The summed E-state index contributed by atoms with van der Waals surface area (Å²) in [7, 11) is 4.35. The molecule has 1 saturated heterocycles. The van der Waals surface area contributed by atoms with Gasteiger partial charge in [-0.2, -0.15) is 0 Å². The van der Waals surface area contributed by atoms with Gasteiger partial charge in [0.15, 0.2) is 17.0 Å². The maximum Gasteiger partial charge on any atom is 0.170 e. The van der Waals surface area contributed by atoms with Crippen LogP contribution >= 0.6 is 23.2 Å². The summed E-state index contributed by atoms with van der Waals surface area (Å²) >= 11 is 13.2. The zero-order chi connectivity index (χ0) is 23.6. The van der Waals surface area contributed by atoms with E-state index in [0.717, 1.165) is 65.6 Å². The minimum atomic E-state index is -0.00940. The van der Waals surface area contributed by atoms with Crippen LogP contribution in [0.3, 0.4) is 0 Å². The number of halogens is 2. The predicted octanol–water partition coefficient (Wildman–Crippen LogP) is 5.25. The number of piperidine rings is 1. The van der Waals surface area contributed by atoms with Crippen molar-refractivity contribution in [3.05, 3.63) is 53.3 Å². The van der Waals surface area contributed by atoms with Crippen molar-refractivity contribution >= 4 is 45.9 Å². The largest absolute Gasteiger partial charge is 0.354 e. The van der Waals surface area contributed by atoms with Crippen molar-refractivity contribution in [2.75, 3.05) is 32.1 Å². The normalized spacial score (nSPS) is 26.2. The lowest BCUT2D eigenvalue weighted by Gasteiger charge is -2.23. The van der Waals surface area contributed by atoms with Gasteiger partial charge in [0.05, 0.1) is 10.4 Å². The second-order valence-electron chi connectivity index (χ2n) is 9.89. The number of imidazole rings is 1. The van der Waals surface area contributed by atoms with Crippen molar-refractivity contribution in [1.82, 2.24) is 24.4 Å². The second-order valence-corrected chi connectivity index (χ2v) is 10.9. The molecule has 1 aliphatic heterocycles. The first kappa shape index (κ1) is 22.1. The summed E-state index contributed by atoms with van der Waals surface area (Å²) in [5.41, 5.74) is 4.76. The number of rotatable bonds is 4. The monoisotopic (exact) mass is 494 g/mol. The van der Waals surface area contributed by atoms with Gasteiger partial charge in [-0.3, -0.25) is 4.57 Å². The molecule has 6 rings (SSSR count). The maximum atomic E-state index is 6.74. The van der Waals surface area contributed by atoms with Gasteiger partial charge < -0.3 is 9.80 Å². The van der Waals surface area contributed by atoms with Crippen molar-refractivity contribution in [3.63, 3.8) is 0 Å². The topological polar surface area (TPSA) is 50.1 Å². The van der Waals surface area contributed by atoms with Gasteiger partial charge >= 0.3 is 0 Å². The molecule has 2 unspecified atom stereocenters. The molecule has 0 spiro atoms. The van der Waals surface area contributed by atoms with Gasteiger partial charge in [0.1, 0.15) is 12.2 Å². The fraction of sp³-hybridized carbons (Fsp3) is 0.423. The Balaban J connectivity index is 1.49. The quantitative estimate of drug-likeness (QED) is 0.366. The Bertz CT molecular complexity index is 1310. The first-order valence-electron chi connectivity index (χ1n) is 11.8. The Morgan fingerprint density at radius 3 is 2.65 bits per heavy atom. The third-order valence-electron chi connectivity index (χ3n) is 7.37. The lowest BCUT2D eigenvalue weighted by molar-refractivity contribution is 0.356. The van der Waals surface area contributed by atoms with Crippen LogP contribution in [-0.4, -0.2) is 63.0 Å². The molecular weight excluding hydrogens is 467 g/mol. The number of benzene rings is 1. The molecule has 3 heterocycles. The van der Waals surface area contributed by atoms with Gasteiger partial charge in [-0.05, 0) is 57.0 Å². The van der Waals surface area contributed by atoms with Crippen LogP contribution in [0, 0.1) is 18.8 Å². The second kappa shape index (κ2) is 8.36. The lowest BCUT2D eigenvalue weighted by Crippen LogP contribution is -2.31. The highest BCUT2D eigenvalue weighted by Gasteiger charge is 2.57. The SMILES string of the molecule is Cc1ccc(-c2nc3c(N4C[C@@H]5C(N(C)C)[C@@H]5C4)ncnc3n2C2=CCC(Cl)C=CC2)c(Cl)c1. The van der Waals surface area contributed by atoms with E-state index in [1.54, 1.807) is 6.33 Å². The third kappa shape index (κ3) is 3.63. The van der Waals surface area contributed by atoms with Gasteiger partial charge in [-0.15, -0.1) is 11.6 Å².